The van der Waals surface area contributed by atoms with E-state index in [9.17, 15) is 4.79 Å². The Morgan fingerprint density at radius 1 is 1.22 bits per heavy atom. The van der Waals surface area contributed by atoms with Crippen molar-refractivity contribution in [3.63, 3.8) is 0 Å². The number of hydrogen-bond acceptors (Lipinski definition) is 6. The fourth-order valence-corrected chi connectivity index (χ4v) is 3.48. The molecule has 0 aliphatic carbocycles. The summed E-state index contributed by atoms with van der Waals surface area (Å²) in [5.41, 5.74) is 0.852. The Bertz CT molecular complexity index is 861. The van der Waals surface area contributed by atoms with Gasteiger partial charge in [-0.2, -0.15) is 4.98 Å². The van der Waals surface area contributed by atoms with Gasteiger partial charge < -0.3 is 14.0 Å². The highest BCUT2D eigenvalue weighted by Crippen LogP contribution is 2.20. The van der Waals surface area contributed by atoms with Crippen LogP contribution in [0.3, 0.4) is 0 Å². The fraction of sp³-hybridized carbons (Fsp3) is 0.421. The van der Waals surface area contributed by atoms with Gasteiger partial charge in [-0.25, -0.2) is 4.98 Å². The number of imidazole rings is 1. The molecule has 0 aromatic carbocycles. The highest BCUT2D eigenvalue weighted by molar-refractivity contribution is 5.76. The van der Waals surface area contributed by atoms with Crippen molar-refractivity contribution >= 4 is 5.91 Å². The van der Waals surface area contributed by atoms with Crippen LogP contribution in [0.25, 0.3) is 11.4 Å². The molecular weight excluding hydrogens is 344 g/mol. The molecule has 0 N–H and O–H groups in total. The van der Waals surface area contributed by atoms with Crippen molar-refractivity contribution in [3.05, 3.63) is 49.1 Å². The van der Waals surface area contributed by atoms with Gasteiger partial charge in [0.1, 0.15) is 0 Å². The summed E-state index contributed by atoms with van der Waals surface area (Å²) in [4.78, 5) is 27.0. The highest BCUT2D eigenvalue weighted by Gasteiger charge is 2.24. The van der Waals surface area contributed by atoms with Crippen LogP contribution in [0.15, 0.2) is 47.8 Å². The molecule has 0 unspecified atom stereocenters. The van der Waals surface area contributed by atoms with Gasteiger partial charge in [-0.1, -0.05) is 5.16 Å². The minimum atomic E-state index is 0.147. The lowest BCUT2D eigenvalue weighted by molar-refractivity contribution is -0.133. The first-order valence-electron chi connectivity index (χ1n) is 9.24. The number of aromatic nitrogens is 5. The molecule has 3 aromatic rings. The predicted molar refractivity (Wildman–Crippen MR) is 97.4 cm³/mol. The first kappa shape index (κ1) is 17.4. The van der Waals surface area contributed by atoms with Gasteiger partial charge in [-0.15, -0.1) is 0 Å². The van der Waals surface area contributed by atoms with Gasteiger partial charge in [-0.3, -0.25) is 9.78 Å². The standard InChI is InChI=1S/C19H22N6O2/c26-18(25-10-1-2-15(13-25)12-24-11-9-21-14-24)4-3-17-22-19(23-27-17)16-5-7-20-8-6-16/h5-9,11,14-15H,1-4,10,12-13H2/t15-/m1/s1. The molecule has 8 nitrogen and oxygen atoms in total. The van der Waals surface area contributed by atoms with Crippen LogP contribution in [0.1, 0.15) is 25.2 Å². The molecule has 0 spiro atoms. The molecule has 0 radical (unpaired) electrons. The fourth-order valence-electron chi connectivity index (χ4n) is 3.48. The number of hydrogen-bond donors (Lipinski definition) is 0. The van der Waals surface area contributed by atoms with Gasteiger partial charge >= 0.3 is 0 Å². The van der Waals surface area contributed by atoms with E-state index in [1.54, 1.807) is 18.6 Å². The molecule has 4 heterocycles. The first-order valence-corrected chi connectivity index (χ1v) is 9.24. The molecule has 0 bridgehead atoms. The molecule has 140 valence electrons. The summed E-state index contributed by atoms with van der Waals surface area (Å²) in [6, 6.07) is 3.65. The van der Waals surface area contributed by atoms with Crippen molar-refractivity contribution in [2.24, 2.45) is 5.92 Å². The zero-order valence-electron chi connectivity index (χ0n) is 15.1. The molecule has 3 aromatic heterocycles. The Balaban J connectivity index is 1.29. The summed E-state index contributed by atoms with van der Waals surface area (Å²) in [7, 11) is 0. The van der Waals surface area contributed by atoms with Crippen LogP contribution in [-0.4, -0.2) is 48.6 Å². The Hall–Kier alpha value is -3.03. The van der Waals surface area contributed by atoms with Gasteiger partial charge in [0.15, 0.2) is 0 Å². The molecule has 27 heavy (non-hydrogen) atoms. The van der Waals surface area contributed by atoms with Gasteiger partial charge in [-0.05, 0) is 30.9 Å². The van der Waals surface area contributed by atoms with E-state index in [1.807, 2.05) is 29.6 Å². The van der Waals surface area contributed by atoms with E-state index < -0.39 is 0 Å². The van der Waals surface area contributed by atoms with Crippen molar-refractivity contribution in [2.45, 2.75) is 32.2 Å². The predicted octanol–water partition coefficient (Wildman–Crippen LogP) is 2.20. The normalized spacial score (nSPS) is 17.2. The summed E-state index contributed by atoms with van der Waals surface area (Å²) in [6.07, 6.45) is 12.0. The van der Waals surface area contributed by atoms with Gasteiger partial charge in [0.05, 0.1) is 6.33 Å². The second-order valence-electron chi connectivity index (χ2n) is 6.86. The number of pyridine rings is 1. The molecule has 4 rings (SSSR count). The smallest absolute Gasteiger partial charge is 0.227 e. The minimum Gasteiger partial charge on any atom is -0.342 e. The third-order valence-corrected chi connectivity index (χ3v) is 4.86. The topological polar surface area (TPSA) is 89.9 Å². The van der Waals surface area contributed by atoms with E-state index in [2.05, 4.69) is 24.7 Å². The molecule has 1 aliphatic heterocycles. The lowest BCUT2D eigenvalue weighted by atomic mass is 9.97. The quantitative estimate of drug-likeness (QED) is 0.664. The Morgan fingerprint density at radius 3 is 2.93 bits per heavy atom. The largest absolute Gasteiger partial charge is 0.342 e. The maximum atomic E-state index is 12.6. The van der Waals surface area contributed by atoms with E-state index in [0.29, 0.717) is 30.5 Å². The lowest BCUT2D eigenvalue weighted by Gasteiger charge is -2.33. The third-order valence-electron chi connectivity index (χ3n) is 4.86. The Labute approximate surface area is 157 Å². The highest BCUT2D eigenvalue weighted by atomic mass is 16.5. The lowest BCUT2D eigenvalue weighted by Crippen LogP contribution is -2.41. The zero-order chi connectivity index (χ0) is 18.5. The summed E-state index contributed by atoms with van der Waals surface area (Å²) < 4.78 is 7.37. The van der Waals surface area contributed by atoms with Crippen LogP contribution < -0.4 is 0 Å². The molecule has 1 aliphatic rings. The number of amides is 1. The molecule has 1 amide bonds. The second-order valence-corrected chi connectivity index (χ2v) is 6.86. The average molecular weight is 366 g/mol. The van der Waals surface area contributed by atoms with Crippen LogP contribution in [0.4, 0.5) is 0 Å². The number of carbonyl (C=O) groups is 1. The van der Waals surface area contributed by atoms with Crippen LogP contribution in [-0.2, 0) is 17.8 Å². The molecule has 8 heteroatoms. The molecular formula is C19H22N6O2. The maximum absolute atomic E-state index is 12.6. The number of nitrogens with zero attached hydrogens (tertiary/aromatic N) is 6. The monoisotopic (exact) mass is 366 g/mol. The third kappa shape index (κ3) is 4.39. The number of carbonyl (C=O) groups excluding carboxylic acids is 1. The van der Waals surface area contributed by atoms with Crippen molar-refractivity contribution in [1.29, 1.82) is 0 Å². The molecule has 0 saturated carbocycles. The molecule has 1 fully saturated rings. The van der Waals surface area contributed by atoms with Crippen LogP contribution in [0.5, 0.6) is 0 Å². The molecule has 1 atom stereocenters. The van der Waals surface area contributed by atoms with Crippen molar-refractivity contribution in [2.75, 3.05) is 13.1 Å². The summed E-state index contributed by atoms with van der Waals surface area (Å²) in [5, 5.41) is 3.98. The number of aryl methyl sites for hydroxylation is 1. The summed E-state index contributed by atoms with van der Waals surface area (Å²) in [5.74, 6) is 1.63. The maximum Gasteiger partial charge on any atom is 0.227 e. The van der Waals surface area contributed by atoms with Crippen LogP contribution >= 0.6 is 0 Å². The van der Waals surface area contributed by atoms with Crippen molar-refractivity contribution in [1.82, 2.24) is 29.6 Å². The Kier molecular flexibility index (Phi) is 5.22. The summed E-state index contributed by atoms with van der Waals surface area (Å²) >= 11 is 0. The van der Waals surface area contributed by atoms with Crippen LogP contribution in [0, 0.1) is 5.92 Å². The van der Waals surface area contributed by atoms with E-state index in [0.717, 1.165) is 38.0 Å². The van der Waals surface area contributed by atoms with Gasteiger partial charge in [0.2, 0.25) is 17.6 Å². The average Bonchev–Trinajstić information content (AvgIpc) is 3.39. The second kappa shape index (κ2) is 8.11. The number of rotatable bonds is 6. The first-order chi connectivity index (χ1) is 13.3. The molecule has 1 saturated heterocycles. The minimum absolute atomic E-state index is 0.147. The van der Waals surface area contributed by atoms with Crippen molar-refractivity contribution < 1.29 is 9.32 Å². The van der Waals surface area contributed by atoms with E-state index in [-0.39, 0.29) is 5.91 Å². The van der Waals surface area contributed by atoms with Gasteiger partial charge in [0, 0.05) is 62.8 Å². The number of likely N-dealkylation sites (tertiary alicyclic amines) is 1. The van der Waals surface area contributed by atoms with E-state index in [1.165, 1.54) is 0 Å². The van der Waals surface area contributed by atoms with Gasteiger partial charge in [0.25, 0.3) is 0 Å². The van der Waals surface area contributed by atoms with Crippen LogP contribution in [0.2, 0.25) is 0 Å². The zero-order valence-corrected chi connectivity index (χ0v) is 15.1. The number of piperidine rings is 1. The summed E-state index contributed by atoms with van der Waals surface area (Å²) in [6.45, 7) is 2.53. The Morgan fingerprint density at radius 2 is 2.11 bits per heavy atom. The van der Waals surface area contributed by atoms with E-state index in [4.69, 9.17) is 4.52 Å². The SMILES string of the molecule is O=C(CCc1nc(-c2ccncc2)no1)N1CCC[C@H](Cn2ccnc2)C1. The van der Waals surface area contributed by atoms with E-state index >= 15 is 0 Å². The van der Waals surface area contributed by atoms with Crippen molar-refractivity contribution in [3.8, 4) is 11.4 Å².